The number of halogens is 1. The van der Waals surface area contributed by atoms with Crippen molar-refractivity contribution in [2.45, 2.75) is 19.9 Å². The van der Waals surface area contributed by atoms with Gasteiger partial charge in [0.15, 0.2) is 0 Å². The second kappa shape index (κ2) is 5.59. The number of aryl methyl sites for hydroxylation is 1. The van der Waals surface area contributed by atoms with Crippen LogP contribution in [0.2, 0.25) is 0 Å². The lowest BCUT2D eigenvalue weighted by Gasteiger charge is -2.05. The Bertz CT molecular complexity index is 856. The molecule has 118 valence electrons. The summed E-state index contributed by atoms with van der Waals surface area (Å²) < 4.78 is 19.5. The zero-order chi connectivity index (χ0) is 16.6. The van der Waals surface area contributed by atoms with E-state index in [9.17, 15) is 14.5 Å². The number of hydrogen-bond donors (Lipinski definition) is 0. The highest BCUT2D eigenvalue weighted by molar-refractivity contribution is 5.53. The summed E-state index contributed by atoms with van der Waals surface area (Å²) in [4.78, 5) is 14.6. The molecule has 0 radical (unpaired) electrons. The van der Waals surface area contributed by atoms with Crippen LogP contribution in [0.4, 0.5) is 10.1 Å². The van der Waals surface area contributed by atoms with E-state index < -0.39 is 11.0 Å². The zero-order valence-corrected chi connectivity index (χ0v) is 12.3. The fraction of sp³-hybridized carbons (Fsp3) is 0.214. The molecule has 2 heterocycles. The molecule has 0 saturated carbocycles. The Labute approximate surface area is 129 Å². The average molecular weight is 317 g/mol. The summed E-state index contributed by atoms with van der Waals surface area (Å²) in [5, 5.41) is 18.8. The van der Waals surface area contributed by atoms with Crippen molar-refractivity contribution in [2.75, 3.05) is 0 Å². The summed E-state index contributed by atoms with van der Waals surface area (Å²) >= 11 is 0. The quantitative estimate of drug-likeness (QED) is 0.542. The predicted octanol–water partition coefficient (Wildman–Crippen LogP) is 2.90. The number of aromatic nitrogens is 4. The largest absolute Gasteiger partial charge is 0.337 e. The van der Waals surface area contributed by atoms with Crippen molar-refractivity contribution in [2.24, 2.45) is 0 Å². The zero-order valence-electron chi connectivity index (χ0n) is 12.3. The van der Waals surface area contributed by atoms with Gasteiger partial charge in [-0.05, 0) is 38.1 Å². The highest BCUT2D eigenvalue weighted by atomic mass is 19.1. The van der Waals surface area contributed by atoms with Gasteiger partial charge in [0, 0.05) is 5.56 Å². The highest BCUT2D eigenvalue weighted by Crippen LogP contribution is 2.24. The molecular formula is C14H12FN5O3. The van der Waals surface area contributed by atoms with Gasteiger partial charge in [-0.2, -0.15) is 10.1 Å². The Morgan fingerprint density at radius 2 is 2.04 bits per heavy atom. The maximum Gasteiger partial charge on any atom is 0.309 e. The molecule has 0 fully saturated rings. The average Bonchev–Trinajstić information content (AvgIpc) is 3.14. The molecule has 2 aromatic heterocycles. The Morgan fingerprint density at radius 3 is 2.65 bits per heavy atom. The SMILES string of the molecule is Cc1nn(C(C)c2nc(-c3ccc(F)cc3)no2)cc1[N+](=O)[O-]. The van der Waals surface area contributed by atoms with Gasteiger partial charge in [-0.3, -0.25) is 14.8 Å². The molecule has 0 amide bonds. The molecule has 0 spiro atoms. The molecule has 3 rings (SSSR count). The lowest BCUT2D eigenvalue weighted by atomic mass is 10.2. The third-order valence-electron chi connectivity index (χ3n) is 3.39. The molecule has 1 unspecified atom stereocenters. The minimum atomic E-state index is -0.497. The van der Waals surface area contributed by atoms with Gasteiger partial charge in [0.1, 0.15) is 23.7 Å². The first-order chi connectivity index (χ1) is 11.0. The molecule has 9 heteroatoms. The second-order valence-corrected chi connectivity index (χ2v) is 4.98. The molecule has 0 aliphatic heterocycles. The summed E-state index contributed by atoms with van der Waals surface area (Å²) in [5.41, 5.74) is 0.839. The molecule has 0 bridgehead atoms. The van der Waals surface area contributed by atoms with Crippen molar-refractivity contribution < 1.29 is 13.8 Å². The van der Waals surface area contributed by atoms with Gasteiger partial charge in [-0.15, -0.1) is 0 Å². The molecule has 8 nitrogen and oxygen atoms in total. The summed E-state index contributed by atoms with van der Waals surface area (Å²) in [6.45, 7) is 3.29. The standard InChI is InChI=1S/C14H12FN5O3/c1-8-12(20(21)22)7-19(17-8)9(2)14-16-13(18-23-14)10-3-5-11(15)6-4-10/h3-7,9H,1-2H3. The molecule has 0 aliphatic rings. The van der Waals surface area contributed by atoms with Crippen LogP contribution in [0.25, 0.3) is 11.4 Å². The summed E-state index contributed by atoms with van der Waals surface area (Å²) in [6, 6.07) is 5.21. The van der Waals surface area contributed by atoms with Crippen LogP contribution in [0.1, 0.15) is 24.6 Å². The summed E-state index contributed by atoms with van der Waals surface area (Å²) in [5.74, 6) is 0.206. The summed E-state index contributed by atoms with van der Waals surface area (Å²) in [7, 11) is 0. The monoisotopic (exact) mass is 317 g/mol. The van der Waals surface area contributed by atoms with E-state index in [1.165, 1.54) is 35.1 Å². The van der Waals surface area contributed by atoms with E-state index >= 15 is 0 Å². The lowest BCUT2D eigenvalue weighted by Crippen LogP contribution is -2.07. The van der Waals surface area contributed by atoms with Gasteiger partial charge in [0.2, 0.25) is 5.82 Å². The van der Waals surface area contributed by atoms with Crippen molar-refractivity contribution in [1.29, 1.82) is 0 Å². The molecular weight excluding hydrogens is 305 g/mol. The minimum Gasteiger partial charge on any atom is -0.337 e. The number of nitrogens with zero attached hydrogens (tertiary/aromatic N) is 5. The fourth-order valence-corrected chi connectivity index (χ4v) is 2.08. The van der Waals surface area contributed by atoms with Crippen LogP contribution in [0.3, 0.4) is 0 Å². The van der Waals surface area contributed by atoms with E-state index in [0.717, 1.165) is 0 Å². The molecule has 0 N–H and O–H groups in total. The van der Waals surface area contributed by atoms with Crippen LogP contribution in [0, 0.1) is 22.9 Å². The minimum absolute atomic E-state index is 0.0740. The van der Waals surface area contributed by atoms with Gasteiger partial charge in [0.05, 0.1) is 4.92 Å². The Balaban J connectivity index is 1.89. The molecule has 3 aromatic rings. The van der Waals surface area contributed by atoms with Crippen LogP contribution < -0.4 is 0 Å². The predicted molar refractivity (Wildman–Crippen MR) is 77.1 cm³/mol. The Hall–Kier alpha value is -3.10. The van der Waals surface area contributed by atoms with E-state index in [-0.39, 0.29) is 17.4 Å². The van der Waals surface area contributed by atoms with Gasteiger partial charge in [0.25, 0.3) is 5.89 Å². The van der Waals surface area contributed by atoms with Crippen molar-refractivity contribution in [3.05, 3.63) is 58.0 Å². The molecule has 23 heavy (non-hydrogen) atoms. The lowest BCUT2D eigenvalue weighted by molar-refractivity contribution is -0.385. The smallest absolute Gasteiger partial charge is 0.309 e. The van der Waals surface area contributed by atoms with Crippen LogP contribution in [0.15, 0.2) is 35.0 Å². The van der Waals surface area contributed by atoms with Crippen LogP contribution in [-0.4, -0.2) is 24.8 Å². The Kier molecular flexibility index (Phi) is 3.61. The third-order valence-corrected chi connectivity index (χ3v) is 3.39. The maximum absolute atomic E-state index is 12.9. The van der Waals surface area contributed by atoms with Crippen molar-refractivity contribution in [3.8, 4) is 11.4 Å². The normalized spacial score (nSPS) is 12.3. The van der Waals surface area contributed by atoms with E-state index in [2.05, 4.69) is 15.2 Å². The van der Waals surface area contributed by atoms with E-state index in [0.29, 0.717) is 17.1 Å². The van der Waals surface area contributed by atoms with Crippen LogP contribution >= 0.6 is 0 Å². The highest BCUT2D eigenvalue weighted by Gasteiger charge is 2.22. The first kappa shape index (κ1) is 14.8. The molecule has 0 saturated heterocycles. The van der Waals surface area contributed by atoms with Crippen molar-refractivity contribution in [1.82, 2.24) is 19.9 Å². The second-order valence-electron chi connectivity index (χ2n) is 4.98. The fourth-order valence-electron chi connectivity index (χ4n) is 2.08. The van der Waals surface area contributed by atoms with E-state index in [4.69, 9.17) is 4.52 Å². The number of benzene rings is 1. The van der Waals surface area contributed by atoms with Crippen LogP contribution in [0.5, 0.6) is 0 Å². The molecule has 0 aliphatic carbocycles. The third kappa shape index (κ3) is 2.80. The van der Waals surface area contributed by atoms with Gasteiger partial charge >= 0.3 is 5.69 Å². The van der Waals surface area contributed by atoms with E-state index in [1.807, 2.05) is 0 Å². The number of rotatable bonds is 4. The molecule has 1 aromatic carbocycles. The molecule has 1 atom stereocenters. The Morgan fingerprint density at radius 1 is 1.35 bits per heavy atom. The van der Waals surface area contributed by atoms with Crippen LogP contribution in [-0.2, 0) is 0 Å². The maximum atomic E-state index is 12.9. The van der Waals surface area contributed by atoms with Crippen molar-refractivity contribution in [3.63, 3.8) is 0 Å². The summed E-state index contributed by atoms with van der Waals surface area (Å²) in [6.07, 6.45) is 1.32. The number of hydrogen-bond acceptors (Lipinski definition) is 6. The van der Waals surface area contributed by atoms with Gasteiger partial charge < -0.3 is 4.52 Å². The first-order valence-corrected chi connectivity index (χ1v) is 6.75. The first-order valence-electron chi connectivity index (χ1n) is 6.75. The van der Waals surface area contributed by atoms with Gasteiger partial charge in [-0.25, -0.2) is 4.39 Å². The van der Waals surface area contributed by atoms with Gasteiger partial charge in [-0.1, -0.05) is 5.16 Å². The van der Waals surface area contributed by atoms with E-state index in [1.54, 1.807) is 13.8 Å². The van der Waals surface area contributed by atoms with Crippen molar-refractivity contribution >= 4 is 5.69 Å². The topological polar surface area (TPSA) is 99.9 Å². The number of nitro groups is 1.